The predicted molar refractivity (Wildman–Crippen MR) is 81.8 cm³/mol. The molecule has 0 aliphatic heterocycles. The molecule has 0 saturated carbocycles. The third-order valence-electron chi connectivity index (χ3n) is 3.39. The van der Waals surface area contributed by atoms with Crippen LogP contribution in [0.3, 0.4) is 0 Å². The Labute approximate surface area is 124 Å². The Kier molecular flexibility index (Phi) is 6.07. The number of rotatable bonds is 7. The lowest BCUT2D eigenvalue weighted by Gasteiger charge is -2.30. The fourth-order valence-corrected chi connectivity index (χ4v) is 2.37. The van der Waals surface area contributed by atoms with E-state index in [0.717, 1.165) is 0 Å². The van der Waals surface area contributed by atoms with Crippen molar-refractivity contribution < 1.29 is 14.7 Å². The van der Waals surface area contributed by atoms with Gasteiger partial charge in [0.05, 0.1) is 0 Å². The normalized spacial score (nSPS) is 15.2. The SMILES string of the molecule is CCC(NC(=O)CC(C)SC)(C(=O)O)c1ccccc1. The highest BCUT2D eigenvalue weighted by Crippen LogP contribution is 2.26. The van der Waals surface area contributed by atoms with Crippen LogP contribution in [0.2, 0.25) is 0 Å². The molecule has 2 atom stereocenters. The molecule has 0 spiro atoms. The summed E-state index contributed by atoms with van der Waals surface area (Å²) in [7, 11) is 0. The molecule has 5 heteroatoms. The van der Waals surface area contributed by atoms with E-state index in [-0.39, 0.29) is 11.2 Å². The largest absolute Gasteiger partial charge is 0.479 e. The summed E-state index contributed by atoms with van der Waals surface area (Å²) in [4.78, 5) is 23.8. The van der Waals surface area contributed by atoms with Gasteiger partial charge in [0.25, 0.3) is 0 Å². The minimum Gasteiger partial charge on any atom is -0.479 e. The molecule has 1 aromatic rings. The minimum atomic E-state index is -1.35. The average Bonchev–Trinajstić information content (AvgIpc) is 2.45. The third-order valence-corrected chi connectivity index (χ3v) is 4.36. The molecule has 4 nitrogen and oxygen atoms in total. The van der Waals surface area contributed by atoms with Crippen molar-refractivity contribution in [3.8, 4) is 0 Å². The molecule has 0 aliphatic carbocycles. The Bertz CT molecular complexity index is 463. The molecule has 0 bridgehead atoms. The van der Waals surface area contributed by atoms with Gasteiger partial charge >= 0.3 is 5.97 Å². The van der Waals surface area contributed by atoms with Crippen molar-refractivity contribution >= 4 is 23.6 Å². The highest BCUT2D eigenvalue weighted by molar-refractivity contribution is 7.99. The lowest BCUT2D eigenvalue weighted by atomic mass is 9.87. The first kappa shape index (κ1) is 16.6. The van der Waals surface area contributed by atoms with E-state index in [1.54, 1.807) is 43.0 Å². The summed E-state index contributed by atoms with van der Waals surface area (Å²) < 4.78 is 0. The zero-order valence-corrected chi connectivity index (χ0v) is 12.9. The number of carboxylic acid groups (broad SMARTS) is 1. The van der Waals surface area contributed by atoms with Crippen LogP contribution in [-0.2, 0) is 15.1 Å². The van der Waals surface area contributed by atoms with E-state index in [9.17, 15) is 14.7 Å². The van der Waals surface area contributed by atoms with Gasteiger partial charge in [0.15, 0.2) is 5.54 Å². The molecule has 2 N–H and O–H groups in total. The first-order chi connectivity index (χ1) is 9.46. The van der Waals surface area contributed by atoms with Crippen LogP contribution in [0.25, 0.3) is 0 Å². The van der Waals surface area contributed by atoms with Gasteiger partial charge in [0, 0.05) is 11.7 Å². The van der Waals surface area contributed by atoms with Crippen molar-refractivity contribution in [3.05, 3.63) is 35.9 Å². The lowest BCUT2D eigenvalue weighted by Crippen LogP contribution is -2.51. The van der Waals surface area contributed by atoms with Gasteiger partial charge in [0.2, 0.25) is 5.91 Å². The topological polar surface area (TPSA) is 66.4 Å². The van der Waals surface area contributed by atoms with Gasteiger partial charge in [-0.3, -0.25) is 4.79 Å². The molecule has 2 unspecified atom stereocenters. The van der Waals surface area contributed by atoms with Crippen LogP contribution in [0.5, 0.6) is 0 Å². The van der Waals surface area contributed by atoms with Crippen molar-refractivity contribution in [3.63, 3.8) is 0 Å². The maximum atomic E-state index is 12.1. The van der Waals surface area contributed by atoms with E-state index in [4.69, 9.17) is 0 Å². The second kappa shape index (κ2) is 7.33. The number of hydrogen-bond acceptors (Lipinski definition) is 3. The van der Waals surface area contributed by atoms with Crippen LogP contribution in [0.1, 0.15) is 32.3 Å². The highest BCUT2D eigenvalue weighted by Gasteiger charge is 2.40. The molecular weight excluding hydrogens is 274 g/mol. The van der Waals surface area contributed by atoms with Gasteiger partial charge in [-0.05, 0) is 18.2 Å². The summed E-state index contributed by atoms with van der Waals surface area (Å²) in [6.45, 7) is 3.71. The van der Waals surface area contributed by atoms with Crippen LogP contribution in [0.15, 0.2) is 30.3 Å². The Morgan fingerprint density at radius 1 is 1.35 bits per heavy atom. The fourth-order valence-electron chi connectivity index (χ4n) is 2.05. The molecule has 1 aromatic carbocycles. The number of benzene rings is 1. The number of aliphatic carboxylic acids is 1. The van der Waals surface area contributed by atoms with Crippen LogP contribution < -0.4 is 5.32 Å². The summed E-state index contributed by atoms with van der Waals surface area (Å²) in [6, 6.07) is 8.84. The summed E-state index contributed by atoms with van der Waals surface area (Å²) in [5.41, 5.74) is -0.753. The molecule has 0 saturated heterocycles. The maximum Gasteiger partial charge on any atom is 0.334 e. The lowest BCUT2D eigenvalue weighted by molar-refractivity contribution is -0.148. The number of hydrogen-bond donors (Lipinski definition) is 2. The quantitative estimate of drug-likeness (QED) is 0.811. The van der Waals surface area contributed by atoms with E-state index in [2.05, 4.69) is 5.32 Å². The molecule has 0 heterocycles. The zero-order chi connectivity index (χ0) is 15.2. The predicted octanol–water partition coefficient (Wildman–Crippen LogP) is 2.63. The third kappa shape index (κ3) is 3.76. The van der Waals surface area contributed by atoms with Crippen LogP contribution >= 0.6 is 11.8 Å². The Hall–Kier alpha value is -1.49. The van der Waals surface area contributed by atoms with Crippen molar-refractivity contribution in [2.45, 2.75) is 37.5 Å². The molecule has 20 heavy (non-hydrogen) atoms. The molecule has 110 valence electrons. The Morgan fingerprint density at radius 3 is 2.40 bits per heavy atom. The second-order valence-corrected chi connectivity index (χ2v) is 6.00. The first-order valence-electron chi connectivity index (χ1n) is 6.59. The van der Waals surface area contributed by atoms with E-state index < -0.39 is 11.5 Å². The number of carbonyl (C=O) groups excluding carboxylic acids is 1. The van der Waals surface area contributed by atoms with Crippen LogP contribution in [-0.4, -0.2) is 28.5 Å². The van der Waals surface area contributed by atoms with E-state index in [1.807, 2.05) is 19.2 Å². The molecule has 1 rings (SSSR count). The monoisotopic (exact) mass is 295 g/mol. The van der Waals surface area contributed by atoms with Gasteiger partial charge in [-0.15, -0.1) is 0 Å². The van der Waals surface area contributed by atoms with Gasteiger partial charge < -0.3 is 10.4 Å². The van der Waals surface area contributed by atoms with E-state index in [0.29, 0.717) is 18.4 Å². The number of carbonyl (C=O) groups is 2. The van der Waals surface area contributed by atoms with E-state index in [1.165, 1.54) is 0 Å². The molecule has 0 fully saturated rings. The number of amides is 1. The minimum absolute atomic E-state index is 0.161. The zero-order valence-electron chi connectivity index (χ0n) is 12.1. The maximum absolute atomic E-state index is 12.1. The number of carboxylic acids is 1. The van der Waals surface area contributed by atoms with Gasteiger partial charge in [0.1, 0.15) is 0 Å². The first-order valence-corrected chi connectivity index (χ1v) is 7.87. The van der Waals surface area contributed by atoms with Crippen LogP contribution in [0.4, 0.5) is 0 Å². The summed E-state index contributed by atoms with van der Waals surface area (Å²) in [6.07, 6.45) is 2.54. The number of thioether (sulfide) groups is 1. The van der Waals surface area contributed by atoms with Crippen molar-refractivity contribution in [1.29, 1.82) is 0 Å². The highest BCUT2D eigenvalue weighted by atomic mass is 32.2. The fraction of sp³-hybridized carbons (Fsp3) is 0.467. The molecule has 0 radical (unpaired) electrons. The summed E-state index contributed by atoms with van der Waals surface area (Å²) in [5.74, 6) is -1.27. The second-order valence-electron chi connectivity index (χ2n) is 4.73. The van der Waals surface area contributed by atoms with Gasteiger partial charge in [-0.2, -0.15) is 11.8 Å². The Morgan fingerprint density at radius 2 is 1.95 bits per heavy atom. The average molecular weight is 295 g/mol. The molecular formula is C15H21NO3S. The van der Waals surface area contributed by atoms with Gasteiger partial charge in [-0.1, -0.05) is 44.2 Å². The van der Waals surface area contributed by atoms with Crippen molar-refractivity contribution in [2.75, 3.05) is 6.26 Å². The molecule has 1 amide bonds. The van der Waals surface area contributed by atoms with Crippen molar-refractivity contribution in [1.82, 2.24) is 5.32 Å². The van der Waals surface area contributed by atoms with Crippen molar-refractivity contribution in [2.24, 2.45) is 0 Å². The summed E-state index contributed by atoms with van der Waals surface area (Å²) >= 11 is 1.58. The standard InChI is InChI=1S/C15H21NO3S/c1-4-15(14(18)19,12-8-6-5-7-9-12)16-13(17)10-11(2)20-3/h5-9,11H,4,10H2,1-3H3,(H,16,17)(H,18,19). The van der Waals surface area contributed by atoms with Crippen LogP contribution in [0, 0.1) is 0 Å². The molecule has 0 aliphatic rings. The molecule has 0 aromatic heterocycles. The number of nitrogens with one attached hydrogen (secondary N) is 1. The van der Waals surface area contributed by atoms with Gasteiger partial charge in [-0.25, -0.2) is 4.79 Å². The smallest absolute Gasteiger partial charge is 0.334 e. The summed E-state index contributed by atoms with van der Waals surface area (Å²) in [5, 5.41) is 12.5. The Balaban J connectivity index is 3.02. The van der Waals surface area contributed by atoms with E-state index >= 15 is 0 Å².